The zero-order valence-electron chi connectivity index (χ0n) is 15.8. The van der Waals surface area contributed by atoms with Gasteiger partial charge in [-0.2, -0.15) is 0 Å². The number of anilines is 1. The summed E-state index contributed by atoms with van der Waals surface area (Å²) < 4.78 is 27.8. The maximum absolute atomic E-state index is 12.4. The molecule has 0 fully saturated rings. The first kappa shape index (κ1) is 20.8. The predicted octanol–water partition coefficient (Wildman–Crippen LogP) is 3.63. The molecule has 0 aliphatic heterocycles. The molecule has 146 valence electrons. The lowest BCUT2D eigenvalue weighted by Gasteiger charge is -2.23. The van der Waals surface area contributed by atoms with Gasteiger partial charge in [0.2, 0.25) is 0 Å². The van der Waals surface area contributed by atoms with Crippen molar-refractivity contribution in [1.29, 1.82) is 0 Å². The first-order valence-electron chi connectivity index (χ1n) is 8.77. The van der Waals surface area contributed by atoms with Crippen molar-refractivity contribution in [3.05, 3.63) is 60.2 Å². The molecule has 2 amide bonds. The molecule has 0 heterocycles. The zero-order chi connectivity index (χ0) is 19.9. The Morgan fingerprint density at radius 1 is 1.07 bits per heavy atom. The number of hydrogen-bond donors (Lipinski definition) is 2. The predicted molar refractivity (Wildman–Crippen MR) is 108 cm³/mol. The van der Waals surface area contributed by atoms with E-state index in [1.165, 1.54) is 0 Å². The molecule has 2 aromatic carbocycles. The molecule has 0 radical (unpaired) electrons. The van der Waals surface area contributed by atoms with Gasteiger partial charge in [0.1, 0.15) is 12.4 Å². The number of carbonyl (C=O) groups is 1. The van der Waals surface area contributed by atoms with Crippen molar-refractivity contribution in [1.82, 2.24) is 5.32 Å². The minimum Gasteiger partial charge on any atom is -0.492 e. The van der Waals surface area contributed by atoms with Crippen molar-refractivity contribution < 1.29 is 17.9 Å². The van der Waals surface area contributed by atoms with Crippen molar-refractivity contribution in [2.75, 3.05) is 23.9 Å². The Balaban J connectivity index is 1.97. The molecule has 2 N–H and O–H groups in total. The van der Waals surface area contributed by atoms with Crippen LogP contribution < -0.4 is 15.4 Å². The van der Waals surface area contributed by atoms with E-state index < -0.39 is 9.84 Å². The molecule has 0 aliphatic carbocycles. The molecular formula is C20H26N2O4S. The molecule has 0 spiro atoms. The van der Waals surface area contributed by atoms with E-state index in [4.69, 9.17) is 4.74 Å². The summed E-state index contributed by atoms with van der Waals surface area (Å²) in [5.74, 6) is 0.668. The fourth-order valence-corrected chi connectivity index (χ4v) is 2.96. The first-order chi connectivity index (χ1) is 12.7. The number of nitrogens with one attached hydrogen (secondary N) is 2. The van der Waals surface area contributed by atoms with E-state index in [0.717, 1.165) is 11.8 Å². The fraction of sp³-hybridized carbons (Fsp3) is 0.350. The minimum absolute atomic E-state index is 0.0573. The summed E-state index contributed by atoms with van der Waals surface area (Å²) in [5.41, 5.74) is 1.61. The van der Waals surface area contributed by atoms with Gasteiger partial charge < -0.3 is 15.4 Å². The monoisotopic (exact) mass is 390 g/mol. The third kappa shape index (κ3) is 7.30. The Labute approximate surface area is 160 Å². The largest absolute Gasteiger partial charge is 0.492 e. The first-order valence-corrected chi connectivity index (χ1v) is 10.8. The van der Waals surface area contributed by atoms with Gasteiger partial charge in [0.25, 0.3) is 0 Å². The fourth-order valence-electron chi connectivity index (χ4n) is 2.58. The van der Waals surface area contributed by atoms with Crippen LogP contribution in [0.3, 0.4) is 0 Å². The van der Waals surface area contributed by atoms with E-state index in [1.54, 1.807) is 24.3 Å². The molecule has 0 saturated heterocycles. The maximum Gasteiger partial charge on any atom is 0.319 e. The van der Waals surface area contributed by atoms with Gasteiger partial charge >= 0.3 is 6.03 Å². The number of hydrogen-bond acceptors (Lipinski definition) is 4. The van der Waals surface area contributed by atoms with Gasteiger partial charge in [-0.05, 0) is 23.6 Å². The Kier molecular flexibility index (Phi) is 7.24. The summed E-state index contributed by atoms with van der Waals surface area (Å²) in [5, 5.41) is 5.79. The minimum atomic E-state index is -3.08. The van der Waals surface area contributed by atoms with Crippen LogP contribution in [0.25, 0.3) is 0 Å². The summed E-state index contributed by atoms with van der Waals surface area (Å²) in [4.78, 5) is 12.4. The number of carbonyl (C=O) groups excluding carboxylic acids is 1. The van der Waals surface area contributed by atoms with Crippen LogP contribution in [-0.2, 0) is 9.84 Å². The van der Waals surface area contributed by atoms with Crippen molar-refractivity contribution in [3.8, 4) is 5.75 Å². The highest BCUT2D eigenvalue weighted by Gasteiger charge is 2.18. The highest BCUT2D eigenvalue weighted by molar-refractivity contribution is 7.90. The van der Waals surface area contributed by atoms with Gasteiger partial charge in [-0.15, -0.1) is 0 Å². The maximum atomic E-state index is 12.4. The quantitative estimate of drug-likeness (QED) is 0.721. The summed E-state index contributed by atoms with van der Waals surface area (Å²) in [6, 6.07) is 16.2. The zero-order valence-corrected chi connectivity index (χ0v) is 16.6. The summed E-state index contributed by atoms with van der Waals surface area (Å²) >= 11 is 0. The van der Waals surface area contributed by atoms with Crippen LogP contribution in [0.5, 0.6) is 5.75 Å². The number of urea groups is 1. The smallest absolute Gasteiger partial charge is 0.319 e. The molecule has 2 aromatic rings. The Bertz CT molecular complexity index is 851. The number of rotatable bonds is 8. The van der Waals surface area contributed by atoms with E-state index in [9.17, 15) is 13.2 Å². The van der Waals surface area contributed by atoms with Crippen LogP contribution in [-0.4, -0.2) is 33.1 Å². The number of sulfone groups is 1. The van der Waals surface area contributed by atoms with Gasteiger partial charge in [0.05, 0.1) is 11.8 Å². The van der Waals surface area contributed by atoms with Crippen molar-refractivity contribution in [3.63, 3.8) is 0 Å². The number of benzene rings is 2. The highest BCUT2D eigenvalue weighted by atomic mass is 32.2. The highest BCUT2D eigenvalue weighted by Crippen LogP contribution is 2.22. The van der Waals surface area contributed by atoms with Crippen LogP contribution >= 0.6 is 0 Å². The molecule has 0 aliphatic rings. The average molecular weight is 391 g/mol. The normalized spacial score (nSPS) is 12.4. The second-order valence-electron chi connectivity index (χ2n) is 6.74. The second-order valence-corrected chi connectivity index (χ2v) is 9.00. The summed E-state index contributed by atoms with van der Waals surface area (Å²) in [6.07, 6.45) is 1.16. The summed E-state index contributed by atoms with van der Waals surface area (Å²) in [7, 11) is -3.08. The number of ether oxygens (including phenoxy) is 1. The third-order valence-electron chi connectivity index (χ3n) is 3.93. The lowest BCUT2D eigenvalue weighted by molar-refractivity contribution is 0.244. The molecule has 6 nitrogen and oxygen atoms in total. The van der Waals surface area contributed by atoms with Crippen molar-refractivity contribution >= 4 is 21.6 Å². The van der Waals surface area contributed by atoms with Crippen molar-refractivity contribution in [2.24, 2.45) is 5.92 Å². The topological polar surface area (TPSA) is 84.5 Å². The lowest BCUT2D eigenvalue weighted by atomic mass is 9.96. The van der Waals surface area contributed by atoms with Crippen LogP contribution in [0, 0.1) is 5.92 Å². The Morgan fingerprint density at radius 2 is 1.78 bits per heavy atom. The molecular weight excluding hydrogens is 364 g/mol. The average Bonchev–Trinajstić information content (AvgIpc) is 2.59. The van der Waals surface area contributed by atoms with E-state index in [1.807, 2.05) is 44.2 Å². The Morgan fingerprint density at radius 3 is 2.41 bits per heavy atom. The van der Waals surface area contributed by atoms with Crippen LogP contribution in [0.2, 0.25) is 0 Å². The lowest BCUT2D eigenvalue weighted by Crippen LogP contribution is -2.35. The van der Waals surface area contributed by atoms with Gasteiger partial charge in [-0.1, -0.05) is 50.2 Å². The van der Waals surface area contributed by atoms with Gasteiger partial charge in [-0.25, -0.2) is 13.2 Å². The van der Waals surface area contributed by atoms with Crippen LogP contribution in [0.4, 0.5) is 10.5 Å². The third-order valence-corrected chi connectivity index (χ3v) is 4.83. The number of amides is 2. The molecule has 2 rings (SSSR count). The van der Waals surface area contributed by atoms with Crippen LogP contribution in [0.1, 0.15) is 25.5 Å². The van der Waals surface area contributed by atoms with E-state index in [0.29, 0.717) is 11.4 Å². The standard InChI is InChI=1S/C20H26N2O4S/c1-15(2)19(16-8-5-4-6-9-16)22-20(23)21-17-10-7-11-18(14-17)26-12-13-27(3,24)25/h4-11,14-15,19H,12-13H2,1-3H3,(H2,21,22,23). The summed E-state index contributed by atoms with van der Waals surface area (Å²) in [6.45, 7) is 4.17. The van der Waals surface area contributed by atoms with E-state index >= 15 is 0 Å². The molecule has 7 heteroatoms. The molecule has 0 bridgehead atoms. The van der Waals surface area contributed by atoms with E-state index in [-0.39, 0.29) is 30.4 Å². The second kappa shape index (κ2) is 9.41. The molecule has 0 saturated carbocycles. The van der Waals surface area contributed by atoms with E-state index in [2.05, 4.69) is 10.6 Å². The van der Waals surface area contributed by atoms with Crippen molar-refractivity contribution in [2.45, 2.75) is 19.9 Å². The van der Waals surface area contributed by atoms with Gasteiger partial charge in [-0.3, -0.25) is 0 Å². The molecule has 1 unspecified atom stereocenters. The van der Waals surface area contributed by atoms with Crippen LogP contribution in [0.15, 0.2) is 54.6 Å². The van der Waals surface area contributed by atoms with Gasteiger partial charge in [0, 0.05) is 18.0 Å². The SMILES string of the molecule is CC(C)C(NC(=O)Nc1cccc(OCCS(C)(=O)=O)c1)c1ccccc1. The molecule has 1 atom stereocenters. The Hall–Kier alpha value is -2.54. The van der Waals surface area contributed by atoms with Gasteiger partial charge in [0.15, 0.2) is 9.84 Å². The molecule has 27 heavy (non-hydrogen) atoms. The molecule has 0 aromatic heterocycles.